The average Bonchev–Trinajstić information content (AvgIpc) is 2.67. The standard InChI is InChI=1S/C12H16FN/c1-14-12-7-4-10(8-12)9-2-5-11(13)6-3-9/h2-3,5-6,10,12,14H,4,7-8H2,1H3/t10-,12-/m0/s1. The highest BCUT2D eigenvalue weighted by atomic mass is 19.1. The van der Waals surface area contributed by atoms with Crippen molar-refractivity contribution in [3.05, 3.63) is 35.6 Å². The Morgan fingerprint density at radius 2 is 1.93 bits per heavy atom. The van der Waals surface area contributed by atoms with Crippen LogP contribution in [0.25, 0.3) is 0 Å². The molecule has 1 nitrogen and oxygen atoms in total. The fourth-order valence-electron chi connectivity index (χ4n) is 2.28. The summed E-state index contributed by atoms with van der Waals surface area (Å²) in [6, 6.07) is 7.59. The largest absolute Gasteiger partial charge is 0.317 e. The molecule has 0 spiro atoms. The van der Waals surface area contributed by atoms with Crippen LogP contribution >= 0.6 is 0 Å². The van der Waals surface area contributed by atoms with Crippen LogP contribution in [0.4, 0.5) is 4.39 Å². The molecular weight excluding hydrogens is 177 g/mol. The smallest absolute Gasteiger partial charge is 0.123 e. The van der Waals surface area contributed by atoms with E-state index in [0.29, 0.717) is 12.0 Å². The van der Waals surface area contributed by atoms with E-state index in [9.17, 15) is 4.39 Å². The van der Waals surface area contributed by atoms with Crippen LogP contribution in [0.3, 0.4) is 0 Å². The lowest BCUT2D eigenvalue weighted by Gasteiger charge is -2.10. The highest BCUT2D eigenvalue weighted by Gasteiger charge is 2.24. The van der Waals surface area contributed by atoms with Gasteiger partial charge in [0.15, 0.2) is 0 Å². The number of nitrogens with one attached hydrogen (secondary N) is 1. The Balaban J connectivity index is 2.06. The third-order valence-electron chi connectivity index (χ3n) is 3.18. The zero-order chi connectivity index (χ0) is 9.97. The van der Waals surface area contributed by atoms with Crippen molar-refractivity contribution in [3.8, 4) is 0 Å². The minimum Gasteiger partial charge on any atom is -0.317 e. The van der Waals surface area contributed by atoms with E-state index in [1.807, 2.05) is 19.2 Å². The van der Waals surface area contributed by atoms with Crippen molar-refractivity contribution in [1.29, 1.82) is 0 Å². The normalized spacial score (nSPS) is 26.7. The SMILES string of the molecule is CN[C@H]1CC[C@H](c2ccc(F)cc2)C1. The fraction of sp³-hybridized carbons (Fsp3) is 0.500. The molecule has 0 amide bonds. The predicted molar refractivity (Wildman–Crippen MR) is 55.8 cm³/mol. The Labute approximate surface area is 84.3 Å². The number of halogens is 1. The molecule has 14 heavy (non-hydrogen) atoms. The Morgan fingerprint density at radius 3 is 2.50 bits per heavy atom. The van der Waals surface area contributed by atoms with Crippen molar-refractivity contribution in [2.75, 3.05) is 7.05 Å². The third kappa shape index (κ3) is 1.95. The third-order valence-corrected chi connectivity index (χ3v) is 3.18. The van der Waals surface area contributed by atoms with Crippen molar-refractivity contribution < 1.29 is 4.39 Å². The van der Waals surface area contributed by atoms with Crippen molar-refractivity contribution in [2.24, 2.45) is 0 Å². The number of hydrogen-bond acceptors (Lipinski definition) is 1. The van der Waals surface area contributed by atoms with Crippen molar-refractivity contribution in [1.82, 2.24) is 5.32 Å². The maximum absolute atomic E-state index is 12.7. The van der Waals surface area contributed by atoms with E-state index >= 15 is 0 Å². The fourth-order valence-corrected chi connectivity index (χ4v) is 2.28. The Kier molecular flexibility index (Phi) is 2.82. The molecule has 0 radical (unpaired) electrons. The highest BCUT2D eigenvalue weighted by molar-refractivity contribution is 5.21. The van der Waals surface area contributed by atoms with Gasteiger partial charge in [0, 0.05) is 6.04 Å². The molecule has 1 fully saturated rings. The van der Waals surface area contributed by atoms with Gasteiger partial charge >= 0.3 is 0 Å². The summed E-state index contributed by atoms with van der Waals surface area (Å²) in [5.41, 5.74) is 1.28. The summed E-state index contributed by atoms with van der Waals surface area (Å²) < 4.78 is 12.7. The quantitative estimate of drug-likeness (QED) is 0.761. The van der Waals surface area contributed by atoms with Gasteiger partial charge in [0.25, 0.3) is 0 Å². The topological polar surface area (TPSA) is 12.0 Å². The Bertz CT molecular complexity index is 294. The van der Waals surface area contributed by atoms with E-state index in [1.54, 1.807) is 12.1 Å². The van der Waals surface area contributed by atoms with E-state index in [2.05, 4.69) is 5.32 Å². The zero-order valence-electron chi connectivity index (χ0n) is 8.46. The minimum absolute atomic E-state index is 0.142. The molecule has 2 rings (SSSR count). The van der Waals surface area contributed by atoms with Gasteiger partial charge in [-0.25, -0.2) is 4.39 Å². The Hall–Kier alpha value is -0.890. The second kappa shape index (κ2) is 4.09. The predicted octanol–water partition coefficient (Wildman–Crippen LogP) is 2.68. The minimum atomic E-state index is -0.142. The molecule has 0 bridgehead atoms. The van der Waals surface area contributed by atoms with Gasteiger partial charge in [-0.05, 0) is 49.9 Å². The van der Waals surface area contributed by atoms with E-state index in [0.717, 1.165) is 0 Å². The van der Waals surface area contributed by atoms with Gasteiger partial charge in [-0.1, -0.05) is 12.1 Å². The van der Waals surface area contributed by atoms with Gasteiger partial charge in [0.1, 0.15) is 5.82 Å². The van der Waals surface area contributed by atoms with Crippen LogP contribution in [0, 0.1) is 5.82 Å². The van der Waals surface area contributed by atoms with Gasteiger partial charge in [-0.15, -0.1) is 0 Å². The van der Waals surface area contributed by atoms with Gasteiger partial charge in [-0.3, -0.25) is 0 Å². The lowest BCUT2D eigenvalue weighted by Crippen LogP contribution is -2.21. The lowest BCUT2D eigenvalue weighted by atomic mass is 9.97. The first-order valence-electron chi connectivity index (χ1n) is 5.22. The molecule has 1 aliphatic carbocycles. The number of hydrogen-bond donors (Lipinski definition) is 1. The lowest BCUT2D eigenvalue weighted by molar-refractivity contribution is 0.571. The second-order valence-corrected chi connectivity index (χ2v) is 4.05. The molecule has 1 aliphatic rings. The maximum atomic E-state index is 12.7. The maximum Gasteiger partial charge on any atom is 0.123 e. The number of rotatable bonds is 2. The second-order valence-electron chi connectivity index (χ2n) is 4.05. The average molecular weight is 193 g/mol. The molecule has 1 aromatic carbocycles. The zero-order valence-corrected chi connectivity index (χ0v) is 8.46. The van der Waals surface area contributed by atoms with Gasteiger partial charge in [0.05, 0.1) is 0 Å². The number of benzene rings is 1. The van der Waals surface area contributed by atoms with E-state index in [4.69, 9.17) is 0 Å². The molecule has 0 aromatic heterocycles. The van der Waals surface area contributed by atoms with E-state index < -0.39 is 0 Å². The van der Waals surface area contributed by atoms with Gasteiger partial charge in [0.2, 0.25) is 0 Å². The van der Waals surface area contributed by atoms with Gasteiger partial charge < -0.3 is 5.32 Å². The van der Waals surface area contributed by atoms with Crippen LogP contribution in [-0.4, -0.2) is 13.1 Å². The summed E-state index contributed by atoms with van der Waals surface area (Å²) in [5, 5.41) is 3.30. The molecule has 76 valence electrons. The molecule has 0 heterocycles. The van der Waals surface area contributed by atoms with Crippen LogP contribution in [-0.2, 0) is 0 Å². The van der Waals surface area contributed by atoms with Crippen LogP contribution in [0.2, 0.25) is 0 Å². The first kappa shape index (κ1) is 9.66. The molecule has 0 unspecified atom stereocenters. The summed E-state index contributed by atoms with van der Waals surface area (Å²) >= 11 is 0. The van der Waals surface area contributed by atoms with Crippen molar-refractivity contribution in [3.63, 3.8) is 0 Å². The molecule has 2 heteroatoms. The monoisotopic (exact) mass is 193 g/mol. The summed E-state index contributed by atoms with van der Waals surface area (Å²) in [6.07, 6.45) is 3.64. The molecule has 2 atom stereocenters. The highest BCUT2D eigenvalue weighted by Crippen LogP contribution is 2.34. The first-order valence-corrected chi connectivity index (χ1v) is 5.22. The van der Waals surface area contributed by atoms with E-state index in [1.165, 1.54) is 24.8 Å². The molecule has 1 aromatic rings. The van der Waals surface area contributed by atoms with Crippen molar-refractivity contribution >= 4 is 0 Å². The summed E-state index contributed by atoms with van der Waals surface area (Å²) in [5.74, 6) is 0.477. The molecule has 1 saturated carbocycles. The van der Waals surface area contributed by atoms with Crippen molar-refractivity contribution in [2.45, 2.75) is 31.2 Å². The molecular formula is C12H16FN. The summed E-state index contributed by atoms with van der Waals surface area (Å²) in [4.78, 5) is 0. The molecule has 1 N–H and O–H groups in total. The van der Waals surface area contributed by atoms with E-state index in [-0.39, 0.29) is 5.82 Å². The summed E-state index contributed by atoms with van der Waals surface area (Å²) in [7, 11) is 2.01. The molecule has 0 saturated heterocycles. The van der Waals surface area contributed by atoms with Crippen LogP contribution in [0.5, 0.6) is 0 Å². The molecule has 0 aliphatic heterocycles. The van der Waals surface area contributed by atoms with Crippen LogP contribution < -0.4 is 5.32 Å². The Morgan fingerprint density at radius 1 is 1.21 bits per heavy atom. The summed E-state index contributed by atoms with van der Waals surface area (Å²) in [6.45, 7) is 0. The van der Waals surface area contributed by atoms with Gasteiger partial charge in [-0.2, -0.15) is 0 Å². The first-order chi connectivity index (χ1) is 6.79. The van der Waals surface area contributed by atoms with Crippen LogP contribution in [0.15, 0.2) is 24.3 Å². The van der Waals surface area contributed by atoms with Crippen LogP contribution in [0.1, 0.15) is 30.7 Å².